The topological polar surface area (TPSA) is 197 Å². The van der Waals surface area contributed by atoms with E-state index in [-0.39, 0.29) is 17.2 Å². The molecule has 0 saturated carbocycles. The van der Waals surface area contributed by atoms with Gasteiger partial charge in [0.15, 0.2) is 0 Å². The van der Waals surface area contributed by atoms with Gasteiger partial charge in [0.2, 0.25) is 11.8 Å². The maximum atomic E-state index is 13.0. The summed E-state index contributed by atoms with van der Waals surface area (Å²) >= 11 is 1.07. The first-order valence-corrected chi connectivity index (χ1v) is 14.8. The number of nitrogens with zero attached hydrogens (tertiary/aromatic N) is 5. The Morgan fingerprint density at radius 2 is 1.77 bits per heavy atom. The predicted octanol–water partition coefficient (Wildman–Crippen LogP) is 2.93. The molecule has 2 aromatic rings. The van der Waals surface area contributed by atoms with Crippen molar-refractivity contribution in [1.29, 1.82) is 10.5 Å². The van der Waals surface area contributed by atoms with Gasteiger partial charge < -0.3 is 26.2 Å². The Morgan fingerprint density at radius 3 is 2.23 bits per heavy atom. The second-order valence-electron chi connectivity index (χ2n) is 11.1. The van der Waals surface area contributed by atoms with E-state index in [1.807, 2.05) is 17.9 Å². The summed E-state index contributed by atoms with van der Waals surface area (Å²) in [5.74, 6) is -0.783. The second-order valence-corrected chi connectivity index (χ2v) is 12.2. The summed E-state index contributed by atoms with van der Waals surface area (Å²) in [6.45, 7) is 6.95. The number of hydrogen-bond acceptors (Lipinski definition) is 9. The summed E-state index contributed by atoms with van der Waals surface area (Å²) < 4.78 is 0. The lowest BCUT2D eigenvalue weighted by molar-refractivity contribution is -0.130. The van der Waals surface area contributed by atoms with Crippen molar-refractivity contribution in [2.45, 2.75) is 74.9 Å². The SMILES string of the molecule is CCc1c(C#N)c(SC(C(N)=O)c2ccccc2)nc(N2CCC(NC(=O)[C@H](CO)N(C(=O)O)C(C)(C)C)CC2)c1C#N. The van der Waals surface area contributed by atoms with Gasteiger partial charge in [-0.25, -0.2) is 9.78 Å². The molecule has 2 atom stereocenters. The van der Waals surface area contributed by atoms with Crippen LogP contribution in [-0.4, -0.2) is 75.3 Å². The number of primary amides is 1. The summed E-state index contributed by atoms with van der Waals surface area (Å²) in [7, 11) is 0. The lowest BCUT2D eigenvalue weighted by atomic mass is 9.99. The van der Waals surface area contributed by atoms with Crippen molar-refractivity contribution in [3.8, 4) is 12.1 Å². The number of anilines is 1. The Balaban J connectivity index is 1.87. The fourth-order valence-electron chi connectivity index (χ4n) is 5.23. The number of nitrogens with one attached hydrogen (secondary N) is 1. The highest BCUT2D eigenvalue weighted by molar-refractivity contribution is 8.00. The van der Waals surface area contributed by atoms with E-state index in [0.29, 0.717) is 54.3 Å². The molecule has 12 nitrogen and oxygen atoms in total. The smallest absolute Gasteiger partial charge is 0.408 e. The first-order chi connectivity index (χ1) is 20.4. The summed E-state index contributed by atoms with van der Waals surface area (Å²) in [4.78, 5) is 44.9. The molecule has 43 heavy (non-hydrogen) atoms. The van der Waals surface area contributed by atoms with Crippen LogP contribution in [0.15, 0.2) is 35.4 Å². The van der Waals surface area contributed by atoms with Gasteiger partial charge in [-0.15, -0.1) is 0 Å². The number of amides is 3. The zero-order chi connectivity index (χ0) is 31.9. The van der Waals surface area contributed by atoms with Crippen molar-refractivity contribution in [3.05, 3.63) is 52.6 Å². The molecular formula is C30H37N7O5S. The van der Waals surface area contributed by atoms with Crippen LogP contribution in [0.3, 0.4) is 0 Å². The van der Waals surface area contributed by atoms with Crippen LogP contribution in [0.5, 0.6) is 0 Å². The summed E-state index contributed by atoms with van der Waals surface area (Å²) in [5.41, 5.74) is 6.55. The van der Waals surface area contributed by atoms with Crippen LogP contribution in [0.4, 0.5) is 10.6 Å². The third-order valence-corrected chi connectivity index (χ3v) is 8.53. The van der Waals surface area contributed by atoms with E-state index in [4.69, 9.17) is 10.7 Å². The first-order valence-electron chi connectivity index (χ1n) is 13.9. The molecule has 0 bridgehead atoms. The number of aliphatic hydroxyl groups is 1. The van der Waals surface area contributed by atoms with Gasteiger partial charge in [-0.3, -0.25) is 14.5 Å². The lowest BCUT2D eigenvalue weighted by Gasteiger charge is -2.39. The number of nitrogens with two attached hydrogens (primary N) is 1. The molecule has 1 fully saturated rings. The quantitative estimate of drug-likeness (QED) is 0.291. The Hall–Kier alpha value is -4.33. The van der Waals surface area contributed by atoms with Gasteiger partial charge in [-0.05, 0) is 51.2 Å². The van der Waals surface area contributed by atoms with E-state index in [2.05, 4.69) is 17.5 Å². The largest absolute Gasteiger partial charge is 0.465 e. The van der Waals surface area contributed by atoms with Crippen molar-refractivity contribution in [2.24, 2.45) is 5.73 Å². The summed E-state index contributed by atoms with van der Waals surface area (Å²) in [5, 5.41) is 42.1. The van der Waals surface area contributed by atoms with Crippen LogP contribution in [0.2, 0.25) is 0 Å². The van der Waals surface area contributed by atoms with Gasteiger partial charge in [-0.1, -0.05) is 49.0 Å². The monoisotopic (exact) mass is 607 g/mol. The normalized spacial score (nSPS) is 15.1. The molecule has 1 saturated heterocycles. The summed E-state index contributed by atoms with van der Waals surface area (Å²) in [6, 6.07) is 11.8. The molecule has 5 N–H and O–H groups in total. The van der Waals surface area contributed by atoms with Gasteiger partial charge in [0.05, 0.1) is 17.7 Å². The number of aliphatic hydroxyl groups excluding tert-OH is 1. The van der Waals surface area contributed by atoms with E-state index in [9.17, 15) is 35.1 Å². The number of piperidine rings is 1. The molecule has 3 amide bonds. The number of hydrogen-bond donors (Lipinski definition) is 4. The molecule has 1 aromatic heterocycles. The van der Waals surface area contributed by atoms with Crippen molar-refractivity contribution < 1.29 is 24.6 Å². The molecule has 1 aromatic carbocycles. The molecule has 0 spiro atoms. The fourth-order valence-corrected chi connectivity index (χ4v) is 6.29. The van der Waals surface area contributed by atoms with Gasteiger partial charge in [0.1, 0.15) is 34.3 Å². The van der Waals surface area contributed by atoms with Crippen molar-refractivity contribution >= 4 is 35.5 Å². The molecule has 1 aliphatic heterocycles. The average molecular weight is 608 g/mol. The van der Waals surface area contributed by atoms with Gasteiger partial charge in [-0.2, -0.15) is 10.5 Å². The van der Waals surface area contributed by atoms with Gasteiger partial charge in [0, 0.05) is 24.7 Å². The number of carbonyl (C=O) groups is 3. The molecule has 2 heterocycles. The van der Waals surface area contributed by atoms with Crippen LogP contribution in [0.1, 0.15) is 68.0 Å². The zero-order valence-electron chi connectivity index (χ0n) is 24.7. The van der Waals surface area contributed by atoms with Crippen LogP contribution >= 0.6 is 11.8 Å². The highest BCUT2D eigenvalue weighted by Gasteiger charge is 2.38. The number of benzene rings is 1. The van der Waals surface area contributed by atoms with E-state index >= 15 is 0 Å². The van der Waals surface area contributed by atoms with E-state index in [1.165, 1.54) is 0 Å². The molecule has 0 aliphatic carbocycles. The standard InChI is InChI=1S/C30H37N7O5S/c1-5-20-21(15-31)26(35-28(22(20)16-32)43-24(25(33)39)18-9-7-6-8-10-18)36-13-11-19(12-14-36)34-27(40)23(17-38)37(29(41)42)30(2,3)4/h6-10,19,23-24,38H,5,11-14,17H2,1-4H3,(H2,33,39)(H,34,40)(H,41,42)/t23-,24?/m0/s1. The van der Waals surface area contributed by atoms with Crippen LogP contribution < -0.4 is 16.0 Å². The van der Waals surface area contributed by atoms with E-state index < -0.39 is 41.3 Å². The van der Waals surface area contributed by atoms with Crippen LogP contribution in [0.25, 0.3) is 0 Å². The molecule has 13 heteroatoms. The Kier molecular flexibility index (Phi) is 11.0. The van der Waals surface area contributed by atoms with Crippen molar-refractivity contribution in [2.75, 3.05) is 24.6 Å². The number of carbonyl (C=O) groups excluding carboxylic acids is 2. The Labute approximate surface area is 255 Å². The third-order valence-electron chi connectivity index (χ3n) is 7.27. The number of carboxylic acid groups (broad SMARTS) is 1. The van der Waals surface area contributed by atoms with Gasteiger partial charge >= 0.3 is 6.09 Å². The highest BCUT2D eigenvalue weighted by atomic mass is 32.2. The fraction of sp³-hybridized carbons (Fsp3) is 0.467. The number of pyridine rings is 1. The molecule has 0 radical (unpaired) electrons. The Morgan fingerprint density at radius 1 is 1.16 bits per heavy atom. The Bertz CT molecular complexity index is 1420. The summed E-state index contributed by atoms with van der Waals surface area (Å²) in [6.07, 6.45) is 0.0247. The molecule has 1 unspecified atom stereocenters. The number of thioether (sulfide) groups is 1. The zero-order valence-corrected chi connectivity index (χ0v) is 25.5. The maximum Gasteiger partial charge on any atom is 0.408 e. The molecular weight excluding hydrogens is 570 g/mol. The molecule has 3 rings (SSSR count). The number of aromatic nitrogens is 1. The predicted molar refractivity (Wildman–Crippen MR) is 161 cm³/mol. The van der Waals surface area contributed by atoms with E-state index in [0.717, 1.165) is 16.7 Å². The minimum absolute atomic E-state index is 0.231. The van der Waals surface area contributed by atoms with Crippen molar-refractivity contribution in [1.82, 2.24) is 15.2 Å². The average Bonchev–Trinajstić information content (AvgIpc) is 2.97. The van der Waals surface area contributed by atoms with E-state index in [1.54, 1.807) is 45.0 Å². The minimum Gasteiger partial charge on any atom is -0.465 e. The third kappa shape index (κ3) is 7.55. The van der Waals surface area contributed by atoms with Gasteiger partial charge in [0.25, 0.3) is 0 Å². The van der Waals surface area contributed by atoms with Crippen molar-refractivity contribution in [3.63, 3.8) is 0 Å². The number of nitriles is 2. The highest BCUT2D eigenvalue weighted by Crippen LogP contribution is 2.40. The van der Waals surface area contributed by atoms with Crippen LogP contribution in [-0.2, 0) is 16.0 Å². The maximum absolute atomic E-state index is 13.0. The molecule has 1 aliphatic rings. The van der Waals surface area contributed by atoms with Crippen LogP contribution in [0, 0.1) is 22.7 Å². The minimum atomic E-state index is -1.31. The lowest BCUT2D eigenvalue weighted by Crippen LogP contribution is -2.60. The molecule has 228 valence electrons. The second kappa shape index (κ2) is 14.2. The number of rotatable bonds is 10. The first kappa shape index (κ1) is 33.2.